The van der Waals surface area contributed by atoms with Gasteiger partial charge in [-0.2, -0.15) is 13.2 Å². The molecule has 0 radical (unpaired) electrons. The van der Waals surface area contributed by atoms with Gasteiger partial charge in [-0.1, -0.05) is 24.3 Å². The first kappa shape index (κ1) is 27.0. The number of alkyl halides is 3. The van der Waals surface area contributed by atoms with Crippen molar-refractivity contribution in [1.29, 1.82) is 5.41 Å². The fourth-order valence-electron chi connectivity index (χ4n) is 3.65. The van der Waals surface area contributed by atoms with Crippen LogP contribution in [0.25, 0.3) is 11.1 Å². The van der Waals surface area contributed by atoms with E-state index in [4.69, 9.17) is 14.9 Å². The molecule has 0 saturated carbocycles. The molecule has 11 heteroatoms. The summed E-state index contributed by atoms with van der Waals surface area (Å²) in [5.74, 6) is -0.407. The molecule has 0 aliphatic carbocycles. The summed E-state index contributed by atoms with van der Waals surface area (Å²) >= 11 is 0. The highest BCUT2D eigenvalue weighted by molar-refractivity contribution is 5.96. The minimum atomic E-state index is -4.36. The highest BCUT2D eigenvalue weighted by Gasteiger charge is 2.27. The van der Waals surface area contributed by atoms with Gasteiger partial charge in [-0.05, 0) is 35.7 Å². The zero-order valence-electron chi connectivity index (χ0n) is 19.9. The molecule has 2 aromatic carbocycles. The highest BCUT2D eigenvalue weighted by atomic mass is 19.4. The van der Waals surface area contributed by atoms with Crippen LogP contribution in [0.3, 0.4) is 0 Å². The Morgan fingerprint density at radius 2 is 1.89 bits per heavy atom. The van der Waals surface area contributed by atoms with Gasteiger partial charge in [-0.3, -0.25) is 20.3 Å². The molecule has 2 aromatic rings. The van der Waals surface area contributed by atoms with Gasteiger partial charge in [0.1, 0.15) is 5.75 Å². The van der Waals surface area contributed by atoms with Crippen molar-refractivity contribution >= 4 is 17.8 Å². The molecule has 1 saturated heterocycles. The zero-order valence-corrected chi connectivity index (χ0v) is 19.9. The molecule has 3 rings (SSSR count). The monoisotopic (exact) mass is 506 g/mol. The molecule has 1 fully saturated rings. The van der Waals surface area contributed by atoms with Crippen molar-refractivity contribution in [2.24, 2.45) is 0 Å². The summed E-state index contributed by atoms with van der Waals surface area (Å²) in [6, 6.07) is 12.0. The van der Waals surface area contributed by atoms with Gasteiger partial charge < -0.3 is 19.7 Å². The number of halogens is 3. The third-order valence-corrected chi connectivity index (χ3v) is 5.56. The van der Waals surface area contributed by atoms with Crippen LogP contribution < -0.4 is 15.4 Å². The topological polar surface area (TPSA) is 104 Å². The van der Waals surface area contributed by atoms with Crippen LogP contribution in [0.5, 0.6) is 5.75 Å². The third kappa shape index (κ3) is 7.98. The Labute approximate surface area is 207 Å². The number of carbonyl (C=O) groups is 2. The van der Waals surface area contributed by atoms with Gasteiger partial charge in [-0.15, -0.1) is 0 Å². The van der Waals surface area contributed by atoms with E-state index in [0.717, 1.165) is 0 Å². The van der Waals surface area contributed by atoms with Gasteiger partial charge >= 0.3 is 6.18 Å². The number of amides is 2. The summed E-state index contributed by atoms with van der Waals surface area (Å²) in [7, 11) is 1.51. The lowest BCUT2D eigenvalue weighted by Crippen LogP contribution is -2.40. The lowest BCUT2D eigenvalue weighted by molar-refractivity contribution is -0.139. The van der Waals surface area contributed by atoms with Crippen LogP contribution in [-0.4, -0.2) is 68.8 Å². The number of carbonyl (C=O) groups excluding carboxylic acids is 2. The number of morpholine rings is 1. The van der Waals surface area contributed by atoms with E-state index < -0.39 is 19.2 Å². The number of hydrogen-bond acceptors (Lipinski definition) is 5. The van der Waals surface area contributed by atoms with Gasteiger partial charge in [0, 0.05) is 37.7 Å². The number of ether oxygens (including phenoxy) is 2. The summed E-state index contributed by atoms with van der Waals surface area (Å²) < 4.78 is 49.0. The minimum Gasteiger partial charge on any atom is -0.493 e. The summed E-state index contributed by atoms with van der Waals surface area (Å²) in [5, 5.41) is 12.3. The second-order valence-electron chi connectivity index (χ2n) is 8.20. The predicted octanol–water partition coefficient (Wildman–Crippen LogP) is 3.36. The van der Waals surface area contributed by atoms with E-state index in [2.05, 4.69) is 10.6 Å². The Morgan fingerprint density at radius 3 is 2.58 bits per heavy atom. The number of benzene rings is 2. The van der Waals surface area contributed by atoms with Crippen LogP contribution in [0.4, 0.5) is 13.2 Å². The first-order valence-corrected chi connectivity index (χ1v) is 11.5. The first-order valence-electron chi connectivity index (χ1n) is 11.5. The summed E-state index contributed by atoms with van der Waals surface area (Å²) in [6.07, 6.45) is -5.10. The van der Waals surface area contributed by atoms with E-state index in [9.17, 15) is 22.8 Å². The molecule has 194 valence electrons. The van der Waals surface area contributed by atoms with E-state index in [1.165, 1.54) is 7.05 Å². The van der Waals surface area contributed by atoms with Crippen molar-refractivity contribution in [2.45, 2.75) is 25.4 Å². The maximum absolute atomic E-state index is 12.9. The molecule has 36 heavy (non-hydrogen) atoms. The van der Waals surface area contributed by atoms with E-state index >= 15 is 0 Å². The van der Waals surface area contributed by atoms with Gasteiger partial charge in [-0.25, -0.2) is 0 Å². The number of rotatable bonds is 8. The number of nitrogens with zero attached hydrogens (tertiary/aromatic N) is 1. The molecule has 0 spiro atoms. The van der Waals surface area contributed by atoms with Crippen LogP contribution in [0.15, 0.2) is 42.5 Å². The molecule has 3 N–H and O–H groups in total. The van der Waals surface area contributed by atoms with Gasteiger partial charge in [0.05, 0.1) is 26.2 Å². The Hall–Kier alpha value is -3.60. The Bertz CT molecular complexity index is 1090. The molecule has 0 unspecified atom stereocenters. The normalized spacial score (nSPS) is 13.7. The molecule has 2 amide bonds. The van der Waals surface area contributed by atoms with E-state index in [1.54, 1.807) is 47.4 Å². The molecule has 0 bridgehead atoms. The molecule has 0 aromatic heterocycles. The van der Waals surface area contributed by atoms with Crippen molar-refractivity contribution in [3.05, 3.63) is 53.6 Å². The van der Waals surface area contributed by atoms with E-state index in [-0.39, 0.29) is 29.9 Å². The second-order valence-corrected chi connectivity index (χ2v) is 8.20. The average Bonchev–Trinajstić information content (AvgIpc) is 2.87. The van der Waals surface area contributed by atoms with Gasteiger partial charge in [0.25, 0.3) is 5.91 Å². The number of guanidine groups is 1. The molecular weight excluding hydrogens is 477 g/mol. The number of aryl methyl sites for hydroxylation is 1. The summed E-state index contributed by atoms with van der Waals surface area (Å²) in [6.45, 7) is 1.36. The highest BCUT2D eigenvalue weighted by Crippen LogP contribution is 2.33. The maximum Gasteiger partial charge on any atom is 0.392 e. The standard InChI is InChI=1S/C25H29F3N4O4/c1-30-24(29)31-22(33)8-6-17-5-7-20(21(15-17)36-12-9-25(26,27)28)18-3-2-4-19(16-18)23(34)32-10-13-35-14-11-32/h2-5,7,15-16H,6,8-14H2,1H3,(H3,29,30,31,33). The fourth-order valence-corrected chi connectivity index (χ4v) is 3.65. The molecule has 0 atom stereocenters. The van der Waals surface area contributed by atoms with Crippen molar-refractivity contribution in [1.82, 2.24) is 15.5 Å². The van der Waals surface area contributed by atoms with Gasteiger partial charge in [0.2, 0.25) is 5.91 Å². The van der Waals surface area contributed by atoms with E-state index in [0.29, 0.717) is 55.0 Å². The molecule has 1 heterocycles. The quantitative estimate of drug-likeness (QED) is 0.376. The van der Waals surface area contributed by atoms with E-state index in [1.807, 2.05) is 0 Å². The molecular formula is C25H29F3N4O4. The van der Waals surface area contributed by atoms with Crippen molar-refractivity contribution < 1.29 is 32.2 Å². The summed E-state index contributed by atoms with van der Waals surface area (Å²) in [4.78, 5) is 26.6. The molecule has 1 aliphatic heterocycles. The maximum atomic E-state index is 12.9. The van der Waals surface area contributed by atoms with Gasteiger partial charge in [0.15, 0.2) is 5.96 Å². The minimum absolute atomic E-state index is 0.0783. The first-order chi connectivity index (χ1) is 17.2. The van der Waals surface area contributed by atoms with Crippen LogP contribution in [-0.2, 0) is 16.0 Å². The predicted molar refractivity (Wildman–Crippen MR) is 128 cm³/mol. The molecule has 8 nitrogen and oxygen atoms in total. The number of hydrogen-bond donors (Lipinski definition) is 3. The largest absolute Gasteiger partial charge is 0.493 e. The lowest BCUT2D eigenvalue weighted by atomic mass is 9.98. The van der Waals surface area contributed by atoms with Crippen LogP contribution in [0.1, 0.15) is 28.8 Å². The fraction of sp³-hybridized carbons (Fsp3) is 0.400. The Morgan fingerprint density at radius 1 is 1.14 bits per heavy atom. The van der Waals surface area contributed by atoms with Crippen molar-refractivity contribution in [3.8, 4) is 16.9 Å². The summed E-state index contributed by atoms with van der Waals surface area (Å²) in [5.41, 5.74) is 2.32. The van der Waals surface area contributed by atoms with Crippen LogP contribution in [0, 0.1) is 5.41 Å². The molecule has 1 aliphatic rings. The smallest absolute Gasteiger partial charge is 0.392 e. The third-order valence-electron chi connectivity index (χ3n) is 5.56. The number of nitrogens with one attached hydrogen (secondary N) is 3. The van der Waals surface area contributed by atoms with Crippen molar-refractivity contribution in [3.63, 3.8) is 0 Å². The van der Waals surface area contributed by atoms with Crippen molar-refractivity contribution in [2.75, 3.05) is 40.0 Å². The van der Waals surface area contributed by atoms with Crippen LogP contribution in [0.2, 0.25) is 0 Å². The Balaban J connectivity index is 1.82. The SMILES string of the molecule is CNC(=N)NC(=O)CCc1ccc(-c2cccc(C(=O)N3CCOCC3)c2)c(OCCC(F)(F)F)c1. The average molecular weight is 507 g/mol. The lowest BCUT2D eigenvalue weighted by Gasteiger charge is -2.27. The Kier molecular flexibility index (Phi) is 9.29. The van der Waals surface area contributed by atoms with Crippen LogP contribution >= 0.6 is 0 Å². The second kappa shape index (κ2) is 12.4. The zero-order chi connectivity index (χ0) is 26.1.